The molecule has 2 aromatic rings. The van der Waals surface area contributed by atoms with Gasteiger partial charge in [-0.2, -0.15) is 13.2 Å². The van der Waals surface area contributed by atoms with Crippen LogP contribution in [0.2, 0.25) is 5.02 Å². The highest BCUT2D eigenvalue weighted by molar-refractivity contribution is 6.34. The van der Waals surface area contributed by atoms with Gasteiger partial charge in [-0.3, -0.25) is 4.79 Å². The number of carbonyl (C=O) groups excluding carboxylic acids is 2. The van der Waals surface area contributed by atoms with Gasteiger partial charge in [-0.25, -0.2) is 4.79 Å². The fourth-order valence-electron chi connectivity index (χ4n) is 3.27. The summed E-state index contributed by atoms with van der Waals surface area (Å²) >= 11 is 6.18. The normalized spacial score (nSPS) is 16.6. The largest absolute Gasteiger partial charge is 0.484 e. The molecule has 30 heavy (non-hydrogen) atoms. The van der Waals surface area contributed by atoms with Gasteiger partial charge in [0, 0.05) is 24.8 Å². The minimum Gasteiger partial charge on any atom is -0.484 e. The summed E-state index contributed by atoms with van der Waals surface area (Å²) in [6, 6.07) is 9.87. The number of urea groups is 1. The van der Waals surface area contributed by atoms with Crippen molar-refractivity contribution in [1.82, 2.24) is 4.90 Å². The summed E-state index contributed by atoms with van der Waals surface area (Å²) in [4.78, 5) is 28.0. The van der Waals surface area contributed by atoms with Crippen molar-refractivity contribution in [3.05, 3.63) is 58.6 Å². The number of nitrogens with two attached hydrogens (primary N) is 1. The van der Waals surface area contributed by atoms with Crippen molar-refractivity contribution in [2.45, 2.75) is 25.7 Å². The fraction of sp³-hybridized carbons (Fsp3) is 0.300. The summed E-state index contributed by atoms with van der Waals surface area (Å²) in [6.07, 6.45) is -4.49. The zero-order valence-electron chi connectivity index (χ0n) is 15.9. The van der Waals surface area contributed by atoms with Crippen LogP contribution in [0.15, 0.2) is 42.5 Å². The third kappa shape index (κ3) is 4.79. The van der Waals surface area contributed by atoms with Crippen LogP contribution in [0.5, 0.6) is 5.75 Å². The second kappa shape index (κ2) is 8.43. The van der Waals surface area contributed by atoms with Crippen LogP contribution in [-0.4, -0.2) is 42.2 Å². The summed E-state index contributed by atoms with van der Waals surface area (Å²) in [5, 5.41) is -0.0409. The van der Waals surface area contributed by atoms with Gasteiger partial charge in [-0.05, 0) is 36.8 Å². The molecule has 2 N–H and O–H groups in total. The molecule has 0 aliphatic carbocycles. The van der Waals surface area contributed by atoms with E-state index >= 15 is 0 Å². The summed E-state index contributed by atoms with van der Waals surface area (Å²) in [6.45, 7) is 0.721. The summed E-state index contributed by atoms with van der Waals surface area (Å²) < 4.78 is 41.7. The Morgan fingerprint density at radius 3 is 2.57 bits per heavy atom. The summed E-state index contributed by atoms with van der Waals surface area (Å²) in [7, 11) is 0. The molecule has 3 amide bonds. The maximum atomic E-state index is 13.3. The first kappa shape index (κ1) is 21.8. The predicted octanol–water partition coefficient (Wildman–Crippen LogP) is 4.21. The molecule has 0 saturated carbocycles. The first-order valence-corrected chi connectivity index (χ1v) is 9.39. The number of rotatable bonds is 3. The molecule has 3 rings (SSSR count). The highest BCUT2D eigenvalue weighted by Crippen LogP contribution is 2.31. The predicted molar refractivity (Wildman–Crippen MR) is 106 cm³/mol. The number of benzene rings is 2. The number of alkyl halides is 3. The van der Waals surface area contributed by atoms with E-state index in [0.29, 0.717) is 5.69 Å². The lowest BCUT2D eigenvalue weighted by Gasteiger charge is -2.28. The van der Waals surface area contributed by atoms with Gasteiger partial charge in [-0.1, -0.05) is 29.8 Å². The third-order valence-corrected chi connectivity index (χ3v) is 5.02. The molecule has 0 spiro atoms. The van der Waals surface area contributed by atoms with Gasteiger partial charge in [0.15, 0.2) is 6.61 Å². The first-order valence-electron chi connectivity index (χ1n) is 9.02. The minimum absolute atomic E-state index is 0.0409. The third-order valence-electron chi connectivity index (χ3n) is 4.70. The van der Waals surface area contributed by atoms with Crippen LogP contribution in [0.3, 0.4) is 0 Å². The van der Waals surface area contributed by atoms with E-state index in [1.165, 1.54) is 28.0 Å². The summed E-state index contributed by atoms with van der Waals surface area (Å²) in [5.74, 6) is -0.550. The van der Waals surface area contributed by atoms with Gasteiger partial charge < -0.3 is 20.3 Å². The molecule has 0 bridgehead atoms. The number of hydrogen-bond donors (Lipinski definition) is 1. The number of hydrogen-bond acceptors (Lipinski definition) is 3. The van der Waals surface area contributed by atoms with E-state index in [4.69, 9.17) is 17.3 Å². The molecule has 10 heteroatoms. The number of primary amides is 1. The molecule has 0 unspecified atom stereocenters. The summed E-state index contributed by atoms with van der Waals surface area (Å²) in [5.41, 5.74) is 6.92. The van der Waals surface area contributed by atoms with E-state index in [1.807, 2.05) is 0 Å². The van der Waals surface area contributed by atoms with E-state index in [9.17, 15) is 22.8 Å². The van der Waals surface area contributed by atoms with E-state index < -0.39 is 24.7 Å². The van der Waals surface area contributed by atoms with E-state index in [0.717, 1.165) is 5.56 Å². The Bertz CT molecular complexity index is 968. The van der Waals surface area contributed by atoms with Crippen molar-refractivity contribution in [2.75, 3.05) is 18.1 Å². The number of amides is 3. The number of nitrogens with zero attached hydrogens (tertiary/aromatic N) is 2. The molecule has 0 fully saturated rings. The van der Waals surface area contributed by atoms with Crippen LogP contribution >= 0.6 is 11.6 Å². The molecule has 1 aliphatic rings. The lowest BCUT2D eigenvalue weighted by atomic mass is 10.1. The van der Waals surface area contributed by atoms with Crippen molar-refractivity contribution >= 4 is 29.2 Å². The maximum Gasteiger partial charge on any atom is 0.422 e. The van der Waals surface area contributed by atoms with Crippen LogP contribution < -0.4 is 15.4 Å². The van der Waals surface area contributed by atoms with Gasteiger partial charge in [0.05, 0.1) is 10.6 Å². The molecule has 0 radical (unpaired) electrons. The van der Waals surface area contributed by atoms with Gasteiger partial charge >= 0.3 is 12.2 Å². The number of para-hydroxylation sites is 1. The smallest absolute Gasteiger partial charge is 0.422 e. The minimum atomic E-state index is -4.49. The maximum absolute atomic E-state index is 13.3. The lowest BCUT2D eigenvalue weighted by molar-refractivity contribution is -0.153. The Morgan fingerprint density at radius 2 is 1.93 bits per heavy atom. The molecule has 160 valence electrons. The zero-order chi connectivity index (χ0) is 22.1. The van der Waals surface area contributed by atoms with Crippen molar-refractivity contribution in [1.29, 1.82) is 0 Å². The standard InChI is InChI=1S/C20H19ClF3N3O3/c1-12-9-27(17-5-3-2-4-13(17)10-26(12)19(25)29)18(28)15-7-6-14(8-16(15)21)30-11-20(22,23)24/h2-8,12H,9-11H2,1H3,(H2,25,29)/t12-/m1/s1. The van der Waals surface area contributed by atoms with Gasteiger partial charge in [0.2, 0.25) is 0 Å². The Labute approximate surface area is 175 Å². The Hall–Kier alpha value is -2.94. The van der Waals surface area contributed by atoms with Crippen LogP contribution in [0.1, 0.15) is 22.8 Å². The molecular formula is C20H19ClF3N3O3. The molecule has 1 atom stereocenters. The van der Waals surface area contributed by atoms with Crippen LogP contribution in [0.25, 0.3) is 0 Å². The highest BCUT2D eigenvalue weighted by atomic mass is 35.5. The van der Waals surface area contributed by atoms with Crippen LogP contribution in [0, 0.1) is 0 Å². The molecule has 0 saturated heterocycles. The van der Waals surface area contributed by atoms with Gasteiger partial charge in [0.1, 0.15) is 5.75 Å². The van der Waals surface area contributed by atoms with E-state index in [1.54, 1.807) is 31.2 Å². The van der Waals surface area contributed by atoms with Crippen molar-refractivity contribution in [3.63, 3.8) is 0 Å². The first-order chi connectivity index (χ1) is 14.1. The van der Waals surface area contributed by atoms with Crippen molar-refractivity contribution in [2.24, 2.45) is 5.73 Å². The zero-order valence-corrected chi connectivity index (χ0v) is 16.7. The number of ether oxygens (including phenoxy) is 1. The average Bonchev–Trinajstić information content (AvgIpc) is 2.82. The Morgan fingerprint density at radius 1 is 1.23 bits per heavy atom. The molecule has 1 heterocycles. The number of halogens is 4. The van der Waals surface area contributed by atoms with Gasteiger partial charge in [0.25, 0.3) is 5.91 Å². The number of anilines is 1. The molecule has 0 aromatic heterocycles. The number of carbonyl (C=O) groups is 2. The van der Waals surface area contributed by atoms with E-state index in [2.05, 4.69) is 4.74 Å². The Balaban J connectivity index is 1.91. The monoisotopic (exact) mass is 441 g/mol. The molecule has 2 aromatic carbocycles. The van der Waals surface area contributed by atoms with Crippen LogP contribution in [0.4, 0.5) is 23.7 Å². The average molecular weight is 442 g/mol. The molecule has 1 aliphatic heterocycles. The SMILES string of the molecule is C[C@@H]1CN(C(=O)c2ccc(OCC(F)(F)F)cc2Cl)c2ccccc2CN1C(N)=O. The lowest BCUT2D eigenvalue weighted by Crippen LogP contribution is -2.46. The highest BCUT2D eigenvalue weighted by Gasteiger charge is 2.32. The quantitative estimate of drug-likeness (QED) is 0.775. The van der Waals surface area contributed by atoms with E-state index in [-0.39, 0.29) is 35.5 Å². The van der Waals surface area contributed by atoms with Gasteiger partial charge in [-0.15, -0.1) is 0 Å². The fourth-order valence-corrected chi connectivity index (χ4v) is 3.52. The number of fused-ring (bicyclic) bond motifs is 1. The Kier molecular flexibility index (Phi) is 6.12. The van der Waals surface area contributed by atoms with Crippen LogP contribution in [-0.2, 0) is 6.54 Å². The molecule has 6 nitrogen and oxygen atoms in total. The van der Waals surface area contributed by atoms with Crippen molar-refractivity contribution in [3.8, 4) is 5.75 Å². The molecular weight excluding hydrogens is 423 g/mol. The second-order valence-corrected chi connectivity index (χ2v) is 7.31. The van der Waals surface area contributed by atoms with Crippen molar-refractivity contribution < 1.29 is 27.5 Å². The topological polar surface area (TPSA) is 75.9 Å². The second-order valence-electron chi connectivity index (χ2n) is 6.91.